The molecule has 1 aromatic carbocycles. The topological polar surface area (TPSA) is 93.5 Å². The monoisotopic (exact) mass is 420 g/mol. The van der Waals surface area contributed by atoms with E-state index in [0.717, 1.165) is 5.56 Å². The van der Waals surface area contributed by atoms with Gasteiger partial charge in [-0.05, 0) is 49.7 Å². The van der Waals surface area contributed by atoms with Gasteiger partial charge in [-0.1, -0.05) is 11.6 Å². The maximum Gasteiger partial charge on any atom is 0.410 e. The SMILES string of the molecule is CC(=O)N1CCN(C(=O)OC(C)(C)C)C[C@H]1c1cc(Cl)cc(-c2nnn(C)n2)c1. The molecule has 0 unspecified atom stereocenters. The highest BCUT2D eigenvalue weighted by Gasteiger charge is 2.34. The number of piperazine rings is 1. The fourth-order valence-electron chi connectivity index (χ4n) is 3.27. The molecule has 10 heteroatoms. The summed E-state index contributed by atoms with van der Waals surface area (Å²) in [4.78, 5) is 29.5. The van der Waals surface area contributed by atoms with Crippen molar-refractivity contribution in [3.05, 3.63) is 28.8 Å². The van der Waals surface area contributed by atoms with Crippen LogP contribution in [-0.4, -0.2) is 67.2 Å². The summed E-state index contributed by atoms with van der Waals surface area (Å²) in [6.07, 6.45) is -0.399. The first kappa shape index (κ1) is 21.0. The van der Waals surface area contributed by atoms with Crippen LogP contribution in [0.25, 0.3) is 11.4 Å². The summed E-state index contributed by atoms with van der Waals surface area (Å²) in [5.41, 5.74) is 0.896. The molecule has 2 amide bonds. The minimum atomic E-state index is -0.592. The smallest absolute Gasteiger partial charge is 0.410 e. The third-order valence-electron chi connectivity index (χ3n) is 4.51. The Hall–Kier alpha value is -2.68. The summed E-state index contributed by atoms with van der Waals surface area (Å²) in [5.74, 6) is 0.364. The molecule has 9 nitrogen and oxygen atoms in total. The van der Waals surface area contributed by atoms with Gasteiger partial charge in [0.2, 0.25) is 11.7 Å². The summed E-state index contributed by atoms with van der Waals surface area (Å²) < 4.78 is 5.50. The molecule has 0 N–H and O–H groups in total. The summed E-state index contributed by atoms with van der Waals surface area (Å²) in [7, 11) is 1.68. The zero-order valence-electron chi connectivity index (χ0n) is 17.2. The highest BCUT2D eigenvalue weighted by atomic mass is 35.5. The molecule has 2 heterocycles. The highest BCUT2D eigenvalue weighted by molar-refractivity contribution is 6.30. The van der Waals surface area contributed by atoms with Crippen LogP contribution in [0.5, 0.6) is 0 Å². The lowest BCUT2D eigenvalue weighted by molar-refractivity contribution is -0.134. The van der Waals surface area contributed by atoms with Crippen LogP contribution in [0.3, 0.4) is 0 Å². The molecular formula is C19H25ClN6O3. The Bertz CT molecular complexity index is 923. The molecule has 1 aliphatic heterocycles. The number of rotatable bonds is 2. The summed E-state index contributed by atoms with van der Waals surface area (Å²) in [6.45, 7) is 8.12. The van der Waals surface area contributed by atoms with E-state index in [9.17, 15) is 9.59 Å². The van der Waals surface area contributed by atoms with E-state index in [2.05, 4.69) is 15.4 Å². The van der Waals surface area contributed by atoms with Crippen molar-refractivity contribution in [2.45, 2.75) is 39.3 Å². The zero-order valence-corrected chi connectivity index (χ0v) is 18.0. The molecule has 156 valence electrons. The quantitative estimate of drug-likeness (QED) is 0.741. The molecule has 1 saturated heterocycles. The average molecular weight is 421 g/mol. The molecular weight excluding hydrogens is 396 g/mol. The molecule has 0 bridgehead atoms. The molecule has 29 heavy (non-hydrogen) atoms. The number of hydrogen-bond donors (Lipinski definition) is 0. The van der Waals surface area contributed by atoms with Crippen LogP contribution in [0, 0.1) is 0 Å². The molecule has 1 aliphatic rings. The van der Waals surface area contributed by atoms with E-state index >= 15 is 0 Å². The third-order valence-corrected chi connectivity index (χ3v) is 4.73. The van der Waals surface area contributed by atoms with Crippen LogP contribution in [0.4, 0.5) is 4.79 Å². The Morgan fingerprint density at radius 1 is 1.21 bits per heavy atom. The minimum Gasteiger partial charge on any atom is -0.444 e. The largest absolute Gasteiger partial charge is 0.444 e. The van der Waals surface area contributed by atoms with E-state index in [1.165, 1.54) is 11.7 Å². The van der Waals surface area contributed by atoms with E-state index in [1.54, 1.807) is 29.0 Å². The van der Waals surface area contributed by atoms with Gasteiger partial charge in [0.05, 0.1) is 13.1 Å². The normalized spacial score (nSPS) is 17.4. The van der Waals surface area contributed by atoms with Crippen molar-refractivity contribution in [3.8, 4) is 11.4 Å². The maximum absolute atomic E-state index is 12.6. The zero-order chi connectivity index (χ0) is 21.3. The molecule has 0 saturated carbocycles. The molecule has 2 aromatic rings. The fourth-order valence-corrected chi connectivity index (χ4v) is 3.51. The van der Waals surface area contributed by atoms with Crippen LogP contribution in [0.2, 0.25) is 5.02 Å². The first-order valence-electron chi connectivity index (χ1n) is 9.33. The van der Waals surface area contributed by atoms with Crippen molar-refractivity contribution in [1.82, 2.24) is 30.0 Å². The number of nitrogens with zero attached hydrogens (tertiary/aromatic N) is 6. The molecule has 0 radical (unpaired) electrons. The number of amides is 2. The predicted octanol–water partition coefficient (Wildman–Crippen LogP) is 2.67. The third kappa shape index (κ3) is 5.03. The number of carbonyl (C=O) groups is 2. The Balaban J connectivity index is 1.93. The second kappa shape index (κ2) is 7.98. The van der Waals surface area contributed by atoms with Crippen molar-refractivity contribution in [2.75, 3.05) is 19.6 Å². The molecule has 1 aromatic heterocycles. The van der Waals surface area contributed by atoms with Gasteiger partial charge in [0.1, 0.15) is 5.60 Å². The summed E-state index contributed by atoms with van der Waals surface area (Å²) >= 11 is 6.35. The minimum absolute atomic E-state index is 0.0713. The van der Waals surface area contributed by atoms with Crippen molar-refractivity contribution in [3.63, 3.8) is 0 Å². The predicted molar refractivity (Wildman–Crippen MR) is 107 cm³/mol. The van der Waals surface area contributed by atoms with Crippen LogP contribution >= 0.6 is 11.6 Å². The van der Waals surface area contributed by atoms with E-state index in [1.807, 2.05) is 26.8 Å². The Labute approximate surface area is 174 Å². The standard InChI is InChI=1S/C19H25ClN6O3/c1-12(27)26-7-6-25(18(28)29-19(2,3)4)11-16(26)13-8-14(10-15(20)9-13)17-21-23-24(5)22-17/h8-10,16H,6-7,11H2,1-5H3/t16-/m0/s1. The van der Waals surface area contributed by atoms with Gasteiger partial charge < -0.3 is 14.5 Å². The van der Waals surface area contributed by atoms with Gasteiger partial charge in [0.15, 0.2) is 0 Å². The van der Waals surface area contributed by atoms with E-state index < -0.39 is 11.7 Å². The van der Waals surface area contributed by atoms with Gasteiger partial charge in [0, 0.05) is 37.1 Å². The van der Waals surface area contributed by atoms with Gasteiger partial charge in [-0.25, -0.2) is 4.79 Å². The number of benzene rings is 1. The van der Waals surface area contributed by atoms with Crippen molar-refractivity contribution < 1.29 is 14.3 Å². The number of aromatic nitrogens is 4. The fraction of sp³-hybridized carbons (Fsp3) is 0.526. The van der Waals surface area contributed by atoms with E-state index in [0.29, 0.717) is 36.0 Å². The van der Waals surface area contributed by atoms with Gasteiger partial charge >= 0.3 is 6.09 Å². The van der Waals surface area contributed by atoms with E-state index in [-0.39, 0.29) is 11.9 Å². The van der Waals surface area contributed by atoms with Gasteiger partial charge in [-0.3, -0.25) is 4.79 Å². The lowest BCUT2D eigenvalue weighted by atomic mass is 9.99. The van der Waals surface area contributed by atoms with Gasteiger partial charge in [-0.15, -0.1) is 10.2 Å². The molecule has 1 atom stereocenters. The Kier molecular flexibility index (Phi) is 5.79. The number of carbonyl (C=O) groups excluding carboxylic acids is 2. The number of ether oxygens (including phenoxy) is 1. The lowest BCUT2D eigenvalue weighted by Gasteiger charge is -2.41. The molecule has 0 spiro atoms. The Morgan fingerprint density at radius 2 is 1.93 bits per heavy atom. The summed E-state index contributed by atoms with van der Waals surface area (Å²) in [6, 6.07) is 5.06. The molecule has 0 aliphatic carbocycles. The van der Waals surface area contributed by atoms with E-state index in [4.69, 9.17) is 16.3 Å². The first-order chi connectivity index (χ1) is 13.5. The van der Waals surface area contributed by atoms with Crippen molar-refractivity contribution in [1.29, 1.82) is 0 Å². The lowest BCUT2D eigenvalue weighted by Crippen LogP contribution is -2.52. The number of hydrogen-bond acceptors (Lipinski definition) is 6. The van der Waals surface area contributed by atoms with Crippen molar-refractivity contribution >= 4 is 23.6 Å². The van der Waals surface area contributed by atoms with Gasteiger partial charge in [0.25, 0.3) is 0 Å². The van der Waals surface area contributed by atoms with Gasteiger partial charge in [-0.2, -0.15) is 4.80 Å². The van der Waals surface area contributed by atoms with Crippen LogP contribution in [0.1, 0.15) is 39.3 Å². The van der Waals surface area contributed by atoms with Crippen LogP contribution < -0.4 is 0 Å². The van der Waals surface area contributed by atoms with Crippen molar-refractivity contribution in [2.24, 2.45) is 7.05 Å². The van der Waals surface area contributed by atoms with Crippen LogP contribution in [0.15, 0.2) is 18.2 Å². The summed E-state index contributed by atoms with van der Waals surface area (Å²) in [5, 5.41) is 12.6. The molecule has 1 fully saturated rings. The first-order valence-corrected chi connectivity index (χ1v) is 9.71. The second-order valence-corrected chi connectivity index (χ2v) is 8.47. The second-order valence-electron chi connectivity index (χ2n) is 8.03. The average Bonchev–Trinajstić information content (AvgIpc) is 3.05. The Morgan fingerprint density at radius 3 is 2.52 bits per heavy atom. The number of halogens is 1. The van der Waals surface area contributed by atoms with Crippen LogP contribution in [-0.2, 0) is 16.6 Å². The highest BCUT2D eigenvalue weighted by Crippen LogP contribution is 2.31. The number of aryl methyl sites for hydroxylation is 1. The molecule has 3 rings (SSSR count). The maximum atomic E-state index is 12.6. The number of tetrazole rings is 1.